The summed E-state index contributed by atoms with van der Waals surface area (Å²) < 4.78 is 10.7. The fourth-order valence-electron chi connectivity index (χ4n) is 4.51. The molecule has 0 spiro atoms. The van der Waals surface area contributed by atoms with Crippen LogP contribution in [0.5, 0.6) is 11.5 Å². The number of aliphatic imine (C=N–C) groups is 1. The van der Waals surface area contributed by atoms with Crippen LogP contribution >= 0.6 is 34.5 Å². The molecular weight excluding hydrogens is 515 g/mol. The number of halogens is 2. The van der Waals surface area contributed by atoms with Gasteiger partial charge in [-0.15, -0.1) is 11.3 Å². The largest absolute Gasteiger partial charge is 0.493 e. The van der Waals surface area contributed by atoms with Crippen LogP contribution in [0.1, 0.15) is 53.6 Å². The molecule has 0 saturated carbocycles. The first kappa shape index (κ1) is 26.5. The molecule has 5 nitrogen and oxygen atoms in total. The summed E-state index contributed by atoms with van der Waals surface area (Å²) in [5, 5.41) is 4.76. The molecule has 1 heterocycles. The van der Waals surface area contributed by atoms with Gasteiger partial charge in [-0.3, -0.25) is 4.79 Å². The van der Waals surface area contributed by atoms with Crippen molar-refractivity contribution in [2.24, 2.45) is 16.3 Å². The number of nitrogens with one attached hydrogen (secondary N) is 1. The molecule has 0 unspecified atom stereocenters. The van der Waals surface area contributed by atoms with Gasteiger partial charge >= 0.3 is 0 Å². The normalized spacial score (nSPS) is 15.6. The van der Waals surface area contributed by atoms with Gasteiger partial charge in [0.2, 0.25) is 0 Å². The summed E-state index contributed by atoms with van der Waals surface area (Å²) in [6, 6.07) is 10.7. The molecule has 3 aromatic rings. The van der Waals surface area contributed by atoms with Crippen LogP contribution in [0.4, 0.5) is 10.7 Å². The zero-order valence-corrected chi connectivity index (χ0v) is 23.4. The van der Waals surface area contributed by atoms with Crippen molar-refractivity contribution < 1.29 is 14.3 Å². The highest BCUT2D eigenvalue weighted by Crippen LogP contribution is 2.45. The van der Waals surface area contributed by atoms with Crippen LogP contribution < -0.4 is 14.8 Å². The van der Waals surface area contributed by atoms with Crippen LogP contribution in [0.2, 0.25) is 10.0 Å². The first-order valence-electron chi connectivity index (χ1n) is 11.8. The van der Waals surface area contributed by atoms with Gasteiger partial charge in [0.25, 0.3) is 5.91 Å². The molecule has 0 bridgehead atoms. The molecule has 8 heteroatoms. The van der Waals surface area contributed by atoms with Crippen molar-refractivity contribution in [2.75, 3.05) is 19.5 Å². The van der Waals surface area contributed by atoms with Crippen LogP contribution in [0, 0.1) is 11.3 Å². The molecule has 1 aromatic heterocycles. The van der Waals surface area contributed by atoms with E-state index in [1.165, 1.54) is 4.88 Å². The minimum atomic E-state index is -0.165. The highest BCUT2D eigenvalue weighted by molar-refractivity contribution is 7.16. The molecule has 1 amide bonds. The minimum Gasteiger partial charge on any atom is -0.493 e. The van der Waals surface area contributed by atoms with Gasteiger partial charge in [-0.2, -0.15) is 0 Å². The summed E-state index contributed by atoms with van der Waals surface area (Å²) in [6.07, 6.45) is 4.56. The number of hydrogen-bond acceptors (Lipinski definition) is 5. The van der Waals surface area contributed by atoms with Gasteiger partial charge in [-0.25, -0.2) is 4.99 Å². The number of ether oxygens (including phenoxy) is 2. The Kier molecular flexibility index (Phi) is 7.98. The molecule has 2 aromatic carbocycles. The zero-order valence-electron chi connectivity index (χ0n) is 21.1. The van der Waals surface area contributed by atoms with Crippen molar-refractivity contribution in [2.45, 2.75) is 40.0 Å². The fraction of sp³-hybridized carbons (Fsp3) is 0.357. The van der Waals surface area contributed by atoms with E-state index in [9.17, 15) is 4.79 Å². The average molecular weight is 546 g/mol. The zero-order chi connectivity index (χ0) is 26.0. The standard InChI is InChI=1S/C28H30Cl2N2O3S/c1-28(2,3)17-6-11-20-23(14-17)36-27(24(20)26(33)32-19-9-7-18(29)8-10-19)31-15-16-12-21(30)25(35-5)22(13-16)34-4/h7-10,12-13,15,17H,6,11,14H2,1-5H3,(H,32,33)/t17-/m1/s1. The Bertz CT molecular complexity index is 1290. The third-order valence-corrected chi connectivity index (χ3v) is 8.28. The molecule has 0 saturated heterocycles. The monoisotopic (exact) mass is 544 g/mol. The van der Waals surface area contributed by atoms with Gasteiger partial charge in [-0.05, 0) is 78.1 Å². The Hall–Kier alpha value is -2.54. The van der Waals surface area contributed by atoms with E-state index in [1.54, 1.807) is 62.1 Å². The van der Waals surface area contributed by atoms with Gasteiger partial charge in [0.05, 0.1) is 24.8 Å². The van der Waals surface area contributed by atoms with E-state index in [0.29, 0.717) is 43.7 Å². The number of hydrogen-bond donors (Lipinski definition) is 1. The first-order chi connectivity index (χ1) is 17.1. The summed E-state index contributed by atoms with van der Waals surface area (Å²) in [7, 11) is 3.11. The lowest BCUT2D eigenvalue weighted by molar-refractivity contribution is 0.102. The number of thiophene rings is 1. The lowest BCUT2D eigenvalue weighted by Crippen LogP contribution is -2.27. The van der Waals surface area contributed by atoms with E-state index >= 15 is 0 Å². The van der Waals surface area contributed by atoms with Crippen LogP contribution in [0.3, 0.4) is 0 Å². The second-order valence-electron chi connectivity index (χ2n) is 9.95. The number of nitrogens with zero attached hydrogens (tertiary/aromatic N) is 1. The Morgan fingerprint density at radius 1 is 1.14 bits per heavy atom. The molecular formula is C28H30Cl2N2O3S. The van der Waals surface area contributed by atoms with E-state index < -0.39 is 0 Å². The maximum absolute atomic E-state index is 13.5. The van der Waals surface area contributed by atoms with Crippen molar-refractivity contribution >= 4 is 57.3 Å². The smallest absolute Gasteiger partial charge is 0.259 e. The predicted molar refractivity (Wildman–Crippen MR) is 151 cm³/mol. The second kappa shape index (κ2) is 10.8. The predicted octanol–water partition coefficient (Wildman–Crippen LogP) is 8.23. The van der Waals surface area contributed by atoms with Crippen LogP contribution in [0.25, 0.3) is 0 Å². The number of amides is 1. The Morgan fingerprint density at radius 3 is 2.50 bits per heavy atom. The van der Waals surface area contributed by atoms with Crippen molar-refractivity contribution in [3.05, 3.63) is 68.0 Å². The van der Waals surface area contributed by atoms with Crippen molar-refractivity contribution in [3.63, 3.8) is 0 Å². The average Bonchev–Trinajstić information content (AvgIpc) is 3.21. The van der Waals surface area contributed by atoms with Gasteiger partial charge < -0.3 is 14.8 Å². The van der Waals surface area contributed by atoms with Crippen molar-refractivity contribution in [1.29, 1.82) is 0 Å². The molecule has 36 heavy (non-hydrogen) atoms. The maximum Gasteiger partial charge on any atom is 0.259 e. The summed E-state index contributed by atoms with van der Waals surface area (Å²) in [6.45, 7) is 6.85. The number of anilines is 1. The van der Waals surface area contributed by atoms with E-state index in [-0.39, 0.29) is 11.3 Å². The van der Waals surface area contributed by atoms with Gasteiger partial charge in [0, 0.05) is 21.8 Å². The number of carbonyl (C=O) groups is 1. The van der Waals surface area contributed by atoms with Gasteiger partial charge in [0.15, 0.2) is 11.5 Å². The van der Waals surface area contributed by atoms with E-state index in [4.69, 9.17) is 37.7 Å². The second-order valence-corrected chi connectivity index (χ2v) is 11.9. The molecule has 0 radical (unpaired) electrons. The number of benzene rings is 2. The molecule has 4 rings (SSSR count). The third-order valence-electron chi connectivity index (χ3n) is 6.59. The van der Waals surface area contributed by atoms with Crippen molar-refractivity contribution in [3.8, 4) is 11.5 Å². The fourth-order valence-corrected chi connectivity index (χ4v) is 6.20. The summed E-state index contributed by atoms with van der Waals surface area (Å²) in [5.41, 5.74) is 3.38. The summed E-state index contributed by atoms with van der Waals surface area (Å²) >= 11 is 14.0. The van der Waals surface area contributed by atoms with E-state index in [2.05, 4.69) is 26.1 Å². The molecule has 1 atom stereocenters. The summed E-state index contributed by atoms with van der Waals surface area (Å²) in [5.74, 6) is 1.38. The van der Waals surface area contributed by atoms with Gasteiger partial charge in [-0.1, -0.05) is 44.0 Å². The number of methoxy groups -OCH3 is 2. The topological polar surface area (TPSA) is 59.9 Å². The quantitative estimate of drug-likeness (QED) is 0.318. The molecule has 1 aliphatic rings. The molecule has 0 aliphatic heterocycles. The van der Waals surface area contributed by atoms with Gasteiger partial charge in [0.1, 0.15) is 5.00 Å². The maximum atomic E-state index is 13.5. The number of rotatable bonds is 6. The van der Waals surface area contributed by atoms with E-state index in [0.717, 1.165) is 30.4 Å². The van der Waals surface area contributed by atoms with E-state index in [1.807, 2.05) is 6.07 Å². The SMILES string of the molecule is COc1cc(C=Nc2sc3c(c2C(=O)Nc2ccc(Cl)cc2)CC[C@@H](C(C)(C)C)C3)cc(Cl)c1OC. The van der Waals surface area contributed by atoms with Crippen LogP contribution in [0.15, 0.2) is 41.4 Å². The molecule has 1 aliphatic carbocycles. The Balaban J connectivity index is 1.72. The van der Waals surface area contributed by atoms with Crippen LogP contribution in [-0.2, 0) is 12.8 Å². The first-order valence-corrected chi connectivity index (χ1v) is 13.3. The number of fused-ring (bicyclic) bond motifs is 1. The minimum absolute atomic E-state index is 0.165. The lowest BCUT2D eigenvalue weighted by Gasteiger charge is -2.33. The summed E-state index contributed by atoms with van der Waals surface area (Å²) in [4.78, 5) is 19.5. The van der Waals surface area contributed by atoms with Crippen molar-refractivity contribution in [1.82, 2.24) is 0 Å². The van der Waals surface area contributed by atoms with Crippen LogP contribution in [-0.4, -0.2) is 26.3 Å². The number of carbonyl (C=O) groups excluding carboxylic acids is 1. The molecule has 190 valence electrons. The molecule has 1 N–H and O–H groups in total. The Morgan fingerprint density at radius 2 is 1.86 bits per heavy atom. The highest BCUT2D eigenvalue weighted by atomic mass is 35.5. The highest BCUT2D eigenvalue weighted by Gasteiger charge is 2.33. The third kappa shape index (κ3) is 5.72. The molecule has 0 fully saturated rings. The Labute approximate surface area is 226 Å². The lowest BCUT2D eigenvalue weighted by atomic mass is 9.72.